The Balaban J connectivity index is 1.31. The quantitative estimate of drug-likeness (QED) is 0.403. The molecule has 1 fully saturated rings. The first-order valence-corrected chi connectivity index (χ1v) is 13.7. The van der Waals surface area contributed by atoms with Crippen molar-refractivity contribution in [3.8, 4) is 0 Å². The number of rotatable bonds is 6. The predicted molar refractivity (Wildman–Crippen MR) is 140 cm³/mol. The van der Waals surface area contributed by atoms with Gasteiger partial charge in [0.15, 0.2) is 5.16 Å². The summed E-state index contributed by atoms with van der Waals surface area (Å²) >= 11 is 3.00. The number of thiophene rings is 1. The van der Waals surface area contributed by atoms with Crippen molar-refractivity contribution in [2.75, 3.05) is 36.5 Å². The van der Waals surface area contributed by atoms with Crippen LogP contribution in [-0.4, -0.2) is 47.0 Å². The van der Waals surface area contributed by atoms with Crippen molar-refractivity contribution in [2.45, 2.75) is 56.5 Å². The number of benzene rings is 1. The number of carbonyl (C=O) groups excluding carboxylic acids is 1. The van der Waals surface area contributed by atoms with Crippen molar-refractivity contribution >= 4 is 50.6 Å². The number of hydrogen-bond donors (Lipinski definition) is 1. The van der Waals surface area contributed by atoms with Gasteiger partial charge in [-0.25, -0.2) is 4.98 Å². The van der Waals surface area contributed by atoms with Crippen LogP contribution in [0.5, 0.6) is 0 Å². The lowest BCUT2D eigenvalue weighted by molar-refractivity contribution is -0.115. The van der Waals surface area contributed by atoms with Crippen LogP contribution in [0.3, 0.4) is 0 Å². The standard InChI is InChI=1S/C25H30N4O3S2/c1-3-29-24(31)21-19-6-4-5-7-20(19)34-23(21)27-25(29)33-16(2)22(30)26-17-8-10-18(11-9-17)28-12-14-32-15-13-28/h8-11,16H,3-7,12-15H2,1-2H3,(H,26,30). The Kier molecular flexibility index (Phi) is 6.94. The maximum Gasteiger partial charge on any atom is 0.263 e. The average Bonchev–Trinajstić information content (AvgIpc) is 3.24. The van der Waals surface area contributed by atoms with Crippen LogP contribution in [0.4, 0.5) is 11.4 Å². The van der Waals surface area contributed by atoms with Crippen LogP contribution < -0.4 is 15.8 Å². The lowest BCUT2D eigenvalue weighted by atomic mass is 9.97. The van der Waals surface area contributed by atoms with Crippen LogP contribution >= 0.6 is 23.1 Å². The topological polar surface area (TPSA) is 76.5 Å². The number of hydrogen-bond acceptors (Lipinski definition) is 7. The molecule has 0 saturated carbocycles. The van der Waals surface area contributed by atoms with E-state index in [0.717, 1.165) is 67.2 Å². The zero-order chi connectivity index (χ0) is 23.7. The van der Waals surface area contributed by atoms with E-state index in [1.165, 1.54) is 28.6 Å². The molecule has 1 saturated heterocycles. The summed E-state index contributed by atoms with van der Waals surface area (Å²) in [5.41, 5.74) is 3.12. The van der Waals surface area contributed by atoms with E-state index in [-0.39, 0.29) is 11.5 Å². The zero-order valence-corrected chi connectivity index (χ0v) is 21.3. The van der Waals surface area contributed by atoms with Gasteiger partial charge in [0.1, 0.15) is 4.83 Å². The maximum absolute atomic E-state index is 13.3. The van der Waals surface area contributed by atoms with Crippen molar-refractivity contribution in [3.63, 3.8) is 0 Å². The van der Waals surface area contributed by atoms with E-state index in [1.807, 2.05) is 38.1 Å². The molecule has 180 valence electrons. The first kappa shape index (κ1) is 23.4. The van der Waals surface area contributed by atoms with Crippen molar-refractivity contribution in [1.29, 1.82) is 0 Å². The zero-order valence-electron chi connectivity index (χ0n) is 19.6. The molecule has 5 rings (SSSR count). The lowest BCUT2D eigenvalue weighted by Gasteiger charge is -2.28. The van der Waals surface area contributed by atoms with Crippen LogP contribution in [0, 0.1) is 0 Å². The number of carbonyl (C=O) groups is 1. The summed E-state index contributed by atoms with van der Waals surface area (Å²) in [6.07, 6.45) is 4.30. The molecule has 1 atom stereocenters. The molecule has 0 spiro atoms. The summed E-state index contributed by atoms with van der Waals surface area (Å²) in [5, 5.41) is 4.02. The van der Waals surface area contributed by atoms with E-state index in [0.29, 0.717) is 11.7 Å². The number of anilines is 2. The molecule has 1 amide bonds. The van der Waals surface area contributed by atoms with E-state index in [2.05, 4.69) is 10.2 Å². The summed E-state index contributed by atoms with van der Waals surface area (Å²) in [7, 11) is 0. The second-order valence-electron chi connectivity index (χ2n) is 8.73. The molecule has 0 radical (unpaired) electrons. The summed E-state index contributed by atoms with van der Waals surface area (Å²) in [6, 6.07) is 7.92. The van der Waals surface area contributed by atoms with Crippen molar-refractivity contribution in [2.24, 2.45) is 0 Å². The first-order valence-electron chi connectivity index (χ1n) is 12.0. The second-order valence-corrected chi connectivity index (χ2v) is 11.1. The molecule has 34 heavy (non-hydrogen) atoms. The van der Waals surface area contributed by atoms with Crippen molar-refractivity contribution in [1.82, 2.24) is 9.55 Å². The van der Waals surface area contributed by atoms with Gasteiger partial charge in [0.05, 0.1) is 23.8 Å². The van der Waals surface area contributed by atoms with Gasteiger partial charge in [0, 0.05) is 35.9 Å². The molecule has 7 nitrogen and oxygen atoms in total. The fourth-order valence-electron chi connectivity index (χ4n) is 4.62. The van der Waals surface area contributed by atoms with E-state index < -0.39 is 5.25 Å². The van der Waals surface area contributed by atoms with E-state index >= 15 is 0 Å². The minimum atomic E-state index is -0.393. The minimum absolute atomic E-state index is 0.0284. The Bertz CT molecular complexity index is 1250. The van der Waals surface area contributed by atoms with Crippen LogP contribution in [0.2, 0.25) is 0 Å². The third-order valence-electron chi connectivity index (χ3n) is 6.52. The van der Waals surface area contributed by atoms with Gasteiger partial charge in [-0.15, -0.1) is 11.3 Å². The Morgan fingerprint density at radius 3 is 2.68 bits per heavy atom. The summed E-state index contributed by atoms with van der Waals surface area (Å²) in [6.45, 7) is 7.59. The normalized spacial score (nSPS) is 16.9. The second kappa shape index (κ2) is 10.1. The van der Waals surface area contributed by atoms with Gasteiger partial charge in [-0.2, -0.15) is 0 Å². The number of aromatic nitrogens is 2. The molecule has 1 aliphatic carbocycles. The summed E-state index contributed by atoms with van der Waals surface area (Å²) in [4.78, 5) is 35.5. The highest BCUT2D eigenvalue weighted by atomic mass is 32.2. The summed E-state index contributed by atoms with van der Waals surface area (Å²) in [5.74, 6) is -0.105. The van der Waals surface area contributed by atoms with Gasteiger partial charge in [-0.05, 0) is 69.4 Å². The van der Waals surface area contributed by atoms with Gasteiger partial charge in [0.2, 0.25) is 5.91 Å². The number of fused-ring (bicyclic) bond motifs is 3. The highest BCUT2D eigenvalue weighted by Crippen LogP contribution is 2.35. The fourth-order valence-corrected chi connectivity index (χ4v) is 6.90. The number of thioether (sulfide) groups is 1. The molecule has 3 heterocycles. The monoisotopic (exact) mass is 498 g/mol. The maximum atomic E-state index is 13.3. The van der Waals surface area contributed by atoms with Crippen LogP contribution in [0.1, 0.15) is 37.1 Å². The van der Waals surface area contributed by atoms with Gasteiger partial charge in [-0.3, -0.25) is 14.2 Å². The van der Waals surface area contributed by atoms with Gasteiger partial charge in [-0.1, -0.05) is 11.8 Å². The van der Waals surface area contributed by atoms with Crippen molar-refractivity contribution in [3.05, 3.63) is 45.1 Å². The average molecular weight is 499 g/mol. The Hall–Kier alpha value is -2.36. The molecule has 1 aliphatic heterocycles. The molecule has 1 unspecified atom stereocenters. The molecule has 1 aromatic carbocycles. The van der Waals surface area contributed by atoms with E-state index in [4.69, 9.17) is 9.72 Å². The van der Waals surface area contributed by atoms with Gasteiger partial charge >= 0.3 is 0 Å². The minimum Gasteiger partial charge on any atom is -0.378 e. The highest BCUT2D eigenvalue weighted by Gasteiger charge is 2.24. The number of ether oxygens (including phenoxy) is 1. The Labute approximate surface area is 207 Å². The van der Waals surface area contributed by atoms with E-state index in [9.17, 15) is 9.59 Å². The smallest absolute Gasteiger partial charge is 0.263 e. The van der Waals surface area contributed by atoms with Crippen LogP contribution in [0.25, 0.3) is 10.2 Å². The van der Waals surface area contributed by atoms with Gasteiger partial charge in [0.25, 0.3) is 5.56 Å². The predicted octanol–water partition coefficient (Wildman–Crippen LogP) is 4.31. The number of nitrogens with zero attached hydrogens (tertiary/aromatic N) is 3. The van der Waals surface area contributed by atoms with E-state index in [1.54, 1.807) is 15.9 Å². The first-order chi connectivity index (χ1) is 16.5. The number of nitrogens with one attached hydrogen (secondary N) is 1. The molecular formula is C25H30N4O3S2. The number of amides is 1. The molecule has 3 aromatic rings. The molecule has 0 bridgehead atoms. The molecule has 9 heteroatoms. The van der Waals surface area contributed by atoms with Gasteiger partial charge < -0.3 is 15.0 Å². The Morgan fingerprint density at radius 2 is 1.94 bits per heavy atom. The molecule has 2 aliphatic rings. The molecule has 2 aromatic heterocycles. The number of aryl methyl sites for hydroxylation is 2. The van der Waals surface area contributed by atoms with Crippen LogP contribution in [0.15, 0.2) is 34.2 Å². The third kappa shape index (κ3) is 4.61. The summed E-state index contributed by atoms with van der Waals surface area (Å²) < 4.78 is 7.13. The fraction of sp³-hybridized carbons (Fsp3) is 0.480. The van der Waals surface area contributed by atoms with Crippen molar-refractivity contribution < 1.29 is 9.53 Å². The Morgan fingerprint density at radius 1 is 1.21 bits per heavy atom. The largest absolute Gasteiger partial charge is 0.378 e. The SMILES string of the molecule is CCn1c(SC(C)C(=O)Nc2ccc(N3CCOCC3)cc2)nc2sc3c(c2c1=O)CCCC3. The molecular weight excluding hydrogens is 468 g/mol. The third-order valence-corrected chi connectivity index (χ3v) is 8.79. The highest BCUT2D eigenvalue weighted by molar-refractivity contribution is 8.00. The van der Waals surface area contributed by atoms with Crippen LogP contribution in [-0.2, 0) is 28.9 Å². The lowest BCUT2D eigenvalue weighted by Crippen LogP contribution is -2.36. The molecule has 1 N–H and O–H groups in total. The number of morpholine rings is 1.